The summed E-state index contributed by atoms with van der Waals surface area (Å²) in [5.41, 5.74) is 1.41. The molecule has 0 spiro atoms. The summed E-state index contributed by atoms with van der Waals surface area (Å²) >= 11 is 3.78. The van der Waals surface area contributed by atoms with Gasteiger partial charge in [-0.15, -0.1) is 0 Å². The van der Waals surface area contributed by atoms with E-state index in [1.807, 2.05) is 0 Å². The molecule has 0 aromatic heterocycles. The molecular weight excluding hydrogens is 314 g/mol. The third-order valence-electron chi connectivity index (χ3n) is 4.67. The van der Waals surface area contributed by atoms with E-state index < -0.39 is 0 Å². The second kappa shape index (κ2) is 6.40. The first-order valence-electron chi connectivity index (χ1n) is 7.66. The average Bonchev–Trinajstić information content (AvgIpc) is 3.29. The SMILES string of the molecule is O=CC1C(Br)CC(c2ccccc2)CCN1CC1CC1. The second-order valence-electron chi connectivity index (χ2n) is 6.21. The summed E-state index contributed by atoms with van der Waals surface area (Å²) in [6.07, 6.45) is 6.04. The van der Waals surface area contributed by atoms with E-state index in [1.54, 1.807) is 0 Å². The molecule has 2 nitrogen and oxygen atoms in total. The molecule has 1 aliphatic heterocycles. The molecule has 3 unspecified atom stereocenters. The maximum Gasteiger partial charge on any atom is 0.138 e. The zero-order valence-corrected chi connectivity index (χ0v) is 13.3. The Labute approximate surface area is 129 Å². The number of aldehydes is 1. The molecule has 3 heteroatoms. The second-order valence-corrected chi connectivity index (χ2v) is 7.39. The van der Waals surface area contributed by atoms with Gasteiger partial charge in [-0.05, 0) is 49.6 Å². The van der Waals surface area contributed by atoms with E-state index in [2.05, 4.69) is 51.2 Å². The lowest BCUT2D eigenvalue weighted by molar-refractivity contribution is -0.112. The van der Waals surface area contributed by atoms with Crippen molar-refractivity contribution in [2.24, 2.45) is 5.92 Å². The van der Waals surface area contributed by atoms with Crippen molar-refractivity contribution in [1.29, 1.82) is 0 Å². The molecule has 1 heterocycles. The summed E-state index contributed by atoms with van der Waals surface area (Å²) in [4.78, 5) is 14.2. The van der Waals surface area contributed by atoms with Crippen LogP contribution in [0.1, 0.15) is 37.2 Å². The fraction of sp³-hybridized carbons (Fsp3) is 0.588. The Morgan fingerprint density at radius 2 is 1.95 bits per heavy atom. The molecule has 0 amide bonds. The van der Waals surface area contributed by atoms with Crippen molar-refractivity contribution in [3.8, 4) is 0 Å². The summed E-state index contributed by atoms with van der Waals surface area (Å²) in [7, 11) is 0. The van der Waals surface area contributed by atoms with Crippen LogP contribution in [0.4, 0.5) is 0 Å². The molecule has 3 rings (SSSR count). The van der Waals surface area contributed by atoms with Gasteiger partial charge in [0.25, 0.3) is 0 Å². The summed E-state index contributed by atoms with van der Waals surface area (Å²) in [5, 5.41) is 0. The minimum absolute atomic E-state index is 0.0457. The number of hydrogen-bond donors (Lipinski definition) is 0. The van der Waals surface area contributed by atoms with E-state index >= 15 is 0 Å². The molecular formula is C17H22BrNO. The number of carbonyl (C=O) groups excluding carboxylic acids is 1. The molecule has 1 aromatic carbocycles. The van der Waals surface area contributed by atoms with Crippen LogP contribution < -0.4 is 0 Å². The third kappa shape index (κ3) is 3.32. The van der Waals surface area contributed by atoms with Crippen LogP contribution in [0.2, 0.25) is 0 Å². The van der Waals surface area contributed by atoms with Crippen LogP contribution in [0.3, 0.4) is 0 Å². The van der Waals surface area contributed by atoms with Crippen LogP contribution in [0, 0.1) is 5.92 Å². The number of hydrogen-bond acceptors (Lipinski definition) is 2. The normalized spacial score (nSPS) is 31.8. The van der Waals surface area contributed by atoms with Gasteiger partial charge in [-0.3, -0.25) is 4.90 Å². The van der Waals surface area contributed by atoms with Gasteiger partial charge in [-0.1, -0.05) is 46.3 Å². The van der Waals surface area contributed by atoms with Crippen molar-refractivity contribution in [3.05, 3.63) is 35.9 Å². The van der Waals surface area contributed by atoms with E-state index in [4.69, 9.17) is 0 Å². The number of carbonyl (C=O) groups is 1. The van der Waals surface area contributed by atoms with E-state index in [0.29, 0.717) is 5.92 Å². The number of benzene rings is 1. The molecule has 1 saturated carbocycles. The van der Waals surface area contributed by atoms with E-state index in [1.165, 1.54) is 18.4 Å². The fourth-order valence-electron chi connectivity index (χ4n) is 3.27. The van der Waals surface area contributed by atoms with Gasteiger partial charge in [-0.2, -0.15) is 0 Å². The van der Waals surface area contributed by atoms with Crippen molar-refractivity contribution in [3.63, 3.8) is 0 Å². The number of alkyl halides is 1. The van der Waals surface area contributed by atoms with Crippen LogP contribution in [-0.4, -0.2) is 35.1 Å². The van der Waals surface area contributed by atoms with Gasteiger partial charge < -0.3 is 4.79 Å². The van der Waals surface area contributed by atoms with Gasteiger partial charge in [0.15, 0.2) is 0 Å². The van der Waals surface area contributed by atoms with Crippen molar-refractivity contribution in [2.45, 2.75) is 42.5 Å². The Hall–Kier alpha value is -0.670. The highest BCUT2D eigenvalue weighted by Crippen LogP contribution is 2.36. The number of rotatable bonds is 4. The van der Waals surface area contributed by atoms with E-state index in [0.717, 1.165) is 38.1 Å². The maximum atomic E-state index is 11.5. The molecule has 20 heavy (non-hydrogen) atoms. The monoisotopic (exact) mass is 335 g/mol. The van der Waals surface area contributed by atoms with Gasteiger partial charge in [0.2, 0.25) is 0 Å². The molecule has 108 valence electrons. The molecule has 1 saturated heterocycles. The third-order valence-corrected chi connectivity index (χ3v) is 5.58. The first kappa shape index (κ1) is 14.3. The molecule has 2 fully saturated rings. The summed E-state index contributed by atoms with van der Waals surface area (Å²) in [6.45, 7) is 2.15. The highest BCUT2D eigenvalue weighted by molar-refractivity contribution is 9.09. The van der Waals surface area contributed by atoms with Crippen LogP contribution in [0.5, 0.6) is 0 Å². The van der Waals surface area contributed by atoms with E-state index in [9.17, 15) is 4.79 Å². The van der Waals surface area contributed by atoms with Crippen molar-refractivity contribution >= 4 is 22.2 Å². The fourth-order valence-corrected chi connectivity index (χ4v) is 4.18. The largest absolute Gasteiger partial charge is 0.302 e. The minimum atomic E-state index is 0.0457. The van der Waals surface area contributed by atoms with Crippen LogP contribution in [0.25, 0.3) is 0 Å². The molecule has 3 atom stereocenters. The lowest BCUT2D eigenvalue weighted by Crippen LogP contribution is -2.42. The number of likely N-dealkylation sites (tertiary alicyclic amines) is 1. The average molecular weight is 336 g/mol. The Bertz CT molecular complexity index is 446. The standard InChI is InChI=1S/C17H22BrNO/c18-16-10-15(14-4-2-1-3-5-14)8-9-19(17(16)12-20)11-13-6-7-13/h1-5,12-13,15-17H,6-11H2. The molecule has 1 aromatic rings. The summed E-state index contributed by atoms with van der Waals surface area (Å²) in [6, 6.07) is 10.8. The minimum Gasteiger partial charge on any atom is -0.302 e. The Kier molecular flexibility index (Phi) is 4.57. The van der Waals surface area contributed by atoms with Gasteiger partial charge in [0.1, 0.15) is 6.29 Å². The zero-order valence-electron chi connectivity index (χ0n) is 11.7. The quantitative estimate of drug-likeness (QED) is 0.618. The van der Waals surface area contributed by atoms with Crippen molar-refractivity contribution < 1.29 is 4.79 Å². The van der Waals surface area contributed by atoms with Crippen LogP contribution in [0.15, 0.2) is 30.3 Å². The van der Waals surface area contributed by atoms with Gasteiger partial charge >= 0.3 is 0 Å². The van der Waals surface area contributed by atoms with Crippen LogP contribution in [-0.2, 0) is 4.79 Å². The number of nitrogens with zero attached hydrogens (tertiary/aromatic N) is 1. The Morgan fingerprint density at radius 3 is 2.60 bits per heavy atom. The van der Waals surface area contributed by atoms with Gasteiger partial charge in [0, 0.05) is 11.4 Å². The Balaban J connectivity index is 1.73. The lowest BCUT2D eigenvalue weighted by atomic mass is 9.91. The topological polar surface area (TPSA) is 20.3 Å². The Morgan fingerprint density at radius 1 is 1.20 bits per heavy atom. The van der Waals surface area contributed by atoms with Gasteiger partial charge in [0.05, 0.1) is 6.04 Å². The first-order chi connectivity index (χ1) is 9.78. The van der Waals surface area contributed by atoms with Crippen molar-refractivity contribution in [2.75, 3.05) is 13.1 Å². The molecule has 1 aliphatic carbocycles. The zero-order chi connectivity index (χ0) is 13.9. The lowest BCUT2D eigenvalue weighted by Gasteiger charge is -2.28. The van der Waals surface area contributed by atoms with Crippen LogP contribution >= 0.6 is 15.9 Å². The number of halogens is 1. The predicted octanol–water partition coefficient (Wildman–Crippen LogP) is 3.61. The smallest absolute Gasteiger partial charge is 0.138 e. The van der Waals surface area contributed by atoms with E-state index in [-0.39, 0.29) is 10.9 Å². The van der Waals surface area contributed by atoms with Gasteiger partial charge in [-0.25, -0.2) is 0 Å². The highest BCUT2D eigenvalue weighted by atomic mass is 79.9. The van der Waals surface area contributed by atoms with Crippen molar-refractivity contribution in [1.82, 2.24) is 4.90 Å². The first-order valence-corrected chi connectivity index (χ1v) is 8.58. The maximum absolute atomic E-state index is 11.5. The predicted molar refractivity (Wildman–Crippen MR) is 85.3 cm³/mol. The summed E-state index contributed by atoms with van der Waals surface area (Å²) < 4.78 is 0. The molecule has 2 aliphatic rings. The molecule has 0 bridgehead atoms. The highest BCUT2D eigenvalue weighted by Gasteiger charge is 2.35. The summed E-state index contributed by atoms with van der Waals surface area (Å²) in [5.74, 6) is 1.40. The molecule has 0 radical (unpaired) electrons. The molecule has 0 N–H and O–H groups in total.